The lowest BCUT2D eigenvalue weighted by Gasteiger charge is -2.34. The van der Waals surface area contributed by atoms with E-state index in [-0.39, 0.29) is 17.5 Å². The lowest BCUT2D eigenvalue weighted by Crippen LogP contribution is -2.42. The van der Waals surface area contributed by atoms with Crippen molar-refractivity contribution in [1.29, 1.82) is 0 Å². The van der Waals surface area contributed by atoms with E-state index in [0.29, 0.717) is 6.54 Å². The molecule has 1 unspecified atom stereocenters. The topological polar surface area (TPSA) is 83.7 Å². The number of aliphatic carboxylic acids is 1. The SMILES string of the molecule is O=C(O)CC1CSCCN1Cc1ccc([N+](=O)[O-])s1. The minimum Gasteiger partial charge on any atom is -0.481 e. The molecule has 0 radical (unpaired) electrons. The van der Waals surface area contributed by atoms with Gasteiger partial charge in [-0.15, -0.1) is 0 Å². The molecule has 1 saturated heterocycles. The van der Waals surface area contributed by atoms with Gasteiger partial charge in [0.2, 0.25) is 0 Å². The Balaban J connectivity index is 2.01. The van der Waals surface area contributed by atoms with Gasteiger partial charge in [-0.3, -0.25) is 19.8 Å². The molecule has 0 aliphatic carbocycles. The second-order valence-corrected chi connectivity index (χ2v) is 6.59. The fourth-order valence-electron chi connectivity index (χ4n) is 2.04. The van der Waals surface area contributed by atoms with Crippen molar-refractivity contribution >= 4 is 34.1 Å². The van der Waals surface area contributed by atoms with Gasteiger partial charge in [0, 0.05) is 41.6 Å². The number of nitrogens with zero attached hydrogens (tertiary/aromatic N) is 2. The Hall–Kier alpha value is -1.12. The van der Waals surface area contributed by atoms with Crippen LogP contribution in [0.3, 0.4) is 0 Å². The van der Waals surface area contributed by atoms with Crippen molar-refractivity contribution in [3.63, 3.8) is 0 Å². The molecule has 1 fully saturated rings. The van der Waals surface area contributed by atoms with Gasteiger partial charge < -0.3 is 5.11 Å². The number of rotatable bonds is 5. The first kappa shape index (κ1) is 14.3. The molecular formula is C11H14N2O4S2. The summed E-state index contributed by atoms with van der Waals surface area (Å²) in [6.45, 7) is 1.42. The number of hydrogen-bond donors (Lipinski definition) is 1. The molecule has 1 N–H and O–H groups in total. The van der Waals surface area contributed by atoms with E-state index in [9.17, 15) is 14.9 Å². The average molecular weight is 302 g/mol. The molecule has 0 saturated carbocycles. The first-order chi connectivity index (χ1) is 9.06. The highest BCUT2D eigenvalue weighted by Gasteiger charge is 2.25. The maximum atomic E-state index is 10.8. The minimum atomic E-state index is -0.797. The molecule has 1 atom stereocenters. The first-order valence-corrected chi connectivity index (χ1v) is 7.80. The van der Waals surface area contributed by atoms with Crippen LogP contribution in [-0.4, -0.2) is 45.0 Å². The van der Waals surface area contributed by atoms with E-state index >= 15 is 0 Å². The van der Waals surface area contributed by atoms with Crippen LogP contribution < -0.4 is 0 Å². The van der Waals surface area contributed by atoms with E-state index < -0.39 is 10.9 Å². The van der Waals surface area contributed by atoms with Crippen molar-refractivity contribution in [2.45, 2.75) is 19.0 Å². The van der Waals surface area contributed by atoms with Gasteiger partial charge in [0.15, 0.2) is 0 Å². The van der Waals surface area contributed by atoms with Crippen LogP contribution in [0.25, 0.3) is 0 Å². The van der Waals surface area contributed by atoms with Gasteiger partial charge >= 0.3 is 11.0 Å². The van der Waals surface area contributed by atoms with Crippen molar-refractivity contribution in [2.75, 3.05) is 18.1 Å². The number of thiophene rings is 1. The van der Waals surface area contributed by atoms with Crippen LogP contribution in [-0.2, 0) is 11.3 Å². The van der Waals surface area contributed by atoms with E-state index in [2.05, 4.69) is 4.90 Å². The minimum absolute atomic E-state index is 0.0115. The largest absolute Gasteiger partial charge is 0.481 e. The highest BCUT2D eigenvalue weighted by Crippen LogP contribution is 2.27. The van der Waals surface area contributed by atoms with Crippen molar-refractivity contribution in [3.05, 3.63) is 27.1 Å². The summed E-state index contributed by atoms with van der Waals surface area (Å²) in [5.74, 6) is 0.984. The van der Waals surface area contributed by atoms with E-state index in [4.69, 9.17) is 5.11 Å². The number of carbonyl (C=O) groups is 1. The Morgan fingerprint density at radius 2 is 2.37 bits per heavy atom. The zero-order valence-electron chi connectivity index (χ0n) is 10.2. The summed E-state index contributed by atoms with van der Waals surface area (Å²) >= 11 is 2.92. The molecule has 19 heavy (non-hydrogen) atoms. The molecule has 2 heterocycles. The van der Waals surface area contributed by atoms with Crippen LogP contribution in [0.2, 0.25) is 0 Å². The number of thioether (sulfide) groups is 1. The summed E-state index contributed by atoms with van der Waals surface area (Å²) in [4.78, 5) is 24.1. The molecular weight excluding hydrogens is 288 g/mol. The van der Waals surface area contributed by atoms with Crippen LogP contribution in [0, 0.1) is 10.1 Å². The molecule has 1 aromatic rings. The fraction of sp³-hybridized carbons (Fsp3) is 0.545. The number of carboxylic acids is 1. The van der Waals surface area contributed by atoms with Gasteiger partial charge in [0.25, 0.3) is 0 Å². The molecule has 1 aliphatic rings. The molecule has 0 spiro atoms. The van der Waals surface area contributed by atoms with Gasteiger partial charge in [0.1, 0.15) is 0 Å². The second kappa shape index (κ2) is 6.36. The Morgan fingerprint density at radius 1 is 1.58 bits per heavy atom. The molecule has 1 aliphatic heterocycles. The fourth-order valence-corrected chi connectivity index (χ4v) is 4.01. The van der Waals surface area contributed by atoms with Crippen LogP contribution >= 0.6 is 23.1 Å². The Kier molecular flexibility index (Phi) is 4.78. The highest BCUT2D eigenvalue weighted by molar-refractivity contribution is 7.99. The molecule has 8 heteroatoms. The van der Waals surface area contributed by atoms with Crippen LogP contribution in [0.1, 0.15) is 11.3 Å². The number of hydrogen-bond acceptors (Lipinski definition) is 6. The number of nitro groups is 1. The van der Waals surface area contributed by atoms with Gasteiger partial charge in [-0.25, -0.2) is 0 Å². The first-order valence-electron chi connectivity index (χ1n) is 5.83. The molecule has 1 aromatic heterocycles. The second-order valence-electron chi connectivity index (χ2n) is 4.29. The Morgan fingerprint density at radius 3 is 3.00 bits per heavy atom. The summed E-state index contributed by atoms with van der Waals surface area (Å²) in [6, 6.07) is 3.27. The third kappa shape index (κ3) is 3.92. The number of carboxylic acid groups (broad SMARTS) is 1. The molecule has 6 nitrogen and oxygen atoms in total. The molecule has 0 amide bonds. The van der Waals surface area contributed by atoms with Crippen molar-refractivity contribution in [1.82, 2.24) is 4.90 Å². The summed E-state index contributed by atoms with van der Waals surface area (Å²) in [6.07, 6.45) is 0.125. The maximum absolute atomic E-state index is 10.8. The van der Waals surface area contributed by atoms with E-state index in [1.807, 2.05) is 0 Å². The standard InChI is InChI=1S/C11H14N2O4S2/c14-11(15)5-8-7-18-4-3-12(8)6-9-1-2-10(19-9)13(16)17/h1-2,8H,3-7H2,(H,14,15). The van der Waals surface area contributed by atoms with Gasteiger partial charge in [0.05, 0.1) is 11.3 Å². The molecule has 0 bridgehead atoms. The highest BCUT2D eigenvalue weighted by atomic mass is 32.2. The summed E-state index contributed by atoms with van der Waals surface area (Å²) in [5.41, 5.74) is 0. The van der Waals surface area contributed by atoms with E-state index in [0.717, 1.165) is 34.3 Å². The quantitative estimate of drug-likeness (QED) is 0.662. The average Bonchev–Trinajstić information content (AvgIpc) is 2.80. The normalized spacial score (nSPS) is 20.3. The van der Waals surface area contributed by atoms with Crippen LogP contribution in [0.4, 0.5) is 5.00 Å². The third-order valence-corrected chi connectivity index (χ3v) is 5.06. The van der Waals surface area contributed by atoms with Gasteiger partial charge in [-0.05, 0) is 6.07 Å². The van der Waals surface area contributed by atoms with Crippen molar-refractivity contribution < 1.29 is 14.8 Å². The molecule has 2 rings (SSSR count). The summed E-state index contributed by atoms with van der Waals surface area (Å²) in [7, 11) is 0. The predicted octanol–water partition coefficient (Wildman–Crippen LogP) is 2.05. The van der Waals surface area contributed by atoms with E-state index in [1.54, 1.807) is 17.8 Å². The Labute approximate surface area is 118 Å². The van der Waals surface area contributed by atoms with Gasteiger partial charge in [-0.1, -0.05) is 11.3 Å². The lowest BCUT2D eigenvalue weighted by molar-refractivity contribution is -0.380. The zero-order chi connectivity index (χ0) is 13.8. The smallest absolute Gasteiger partial charge is 0.324 e. The summed E-state index contributed by atoms with van der Waals surface area (Å²) < 4.78 is 0. The summed E-state index contributed by atoms with van der Waals surface area (Å²) in [5, 5.41) is 19.7. The zero-order valence-corrected chi connectivity index (χ0v) is 11.8. The van der Waals surface area contributed by atoms with Crippen molar-refractivity contribution in [2.24, 2.45) is 0 Å². The maximum Gasteiger partial charge on any atom is 0.324 e. The van der Waals surface area contributed by atoms with Crippen LogP contribution in [0.5, 0.6) is 0 Å². The van der Waals surface area contributed by atoms with Crippen LogP contribution in [0.15, 0.2) is 12.1 Å². The molecule has 0 aromatic carbocycles. The monoisotopic (exact) mass is 302 g/mol. The van der Waals surface area contributed by atoms with Crippen molar-refractivity contribution in [3.8, 4) is 0 Å². The Bertz CT molecular complexity index is 477. The van der Waals surface area contributed by atoms with Gasteiger partial charge in [-0.2, -0.15) is 11.8 Å². The van der Waals surface area contributed by atoms with E-state index in [1.165, 1.54) is 6.07 Å². The third-order valence-electron chi connectivity index (χ3n) is 2.95. The molecule has 104 valence electrons. The lowest BCUT2D eigenvalue weighted by atomic mass is 10.2. The predicted molar refractivity (Wildman–Crippen MR) is 74.7 cm³/mol.